The van der Waals surface area contributed by atoms with E-state index in [4.69, 9.17) is 0 Å². The summed E-state index contributed by atoms with van der Waals surface area (Å²) in [6.07, 6.45) is 3.86. The largest absolute Gasteiger partial charge is 0.395 e. The van der Waals surface area contributed by atoms with E-state index in [1.54, 1.807) is 18.8 Å². The highest BCUT2D eigenvalue weighted by Gasteiger charge is 2.75. The lowest BCUT2D eigenvalue weighted by Gasteiger charge is -2.38. The number of unbranched alkanes of at least 4 members (excludes halogenated alkanes) is 2. The van der Waals surface area contributed by atoms with Crippen LogP contribution in [-0.4, -0.2) is 70.5 Å². The second kappa shape index (κ2) is 7.99. The molecule has 0 saturated carbocycles. The van der Waals surface area contributed by atoms with E-state index in [2.05, 4.69) is 24.5 Å². The molecule has 3 amide bonds. The Labute approximate surface area is 165 Å². The molecule has 1 spiro atoms. The number of carbonyl (C=O) groups is 3. The number of hydrogen-bond acceptors (Lipinski definition) is 5. The van der Waals surface area contributed by atoms with Crippen LogP contribution in [0.15, 0.2) is 0 Å². The van der Waals surface area contributed by atoms with E-state index in [0.29, 0.717) is 6.54 Å². The van der Waals surface area contributed by atoms with Crippen molar-refractivity contribution in [2.75, 3.05) is 26.7 Å². The van der Waals surface area contributed by atoms with Crippen LogP contribution in [0.1, 0.15) is 39.5 Å². The zero-order chi connectivity index (χ0) is 19.8. The first-order valence-corrected chi connectivity index (χ1v) is 10.9. The van der Waals surface area contributed by atoms with Gasteiger partial charge in [-0.15, -0.1) is 11.8 Å². The molecule has 3 aliphatic rings. The van der Waals surface area contributed by atoms with Crippen LogP contribution in [-0.2, 0) is 14.4 Å². The van der Waals surface area contributed by atoms with Crippen molar-refractivity contribution in [3.05, 3.63) is 0 Å². The molecule has 7 nitrogen and oxygen atoms in total. The standard InChI is InChI=1S/C19H31N3O4S/c1-4-5-6-7-21-17(25)15-19-11(2)10-12(27-19)13(16(24)20-3)14(19)18(26)22(15)8-9-23/h11-15,23H,4-10H2,1-3H3,(H,20,24)(H,21,25)/t11?,12-,13+,14+,15?,19?/m1/s1. The van der Waals surface area contributed by atoms with Gasteiger partial charge in [-0.05, 0) is 18.8 Å². The molecule has 3 fully saturated rings. The summed E-state index contributed by atoms with van der Waals surface area (Å²) < 4.78 is -0.580. The zero-order valence-corrected chi connectivity index (χ0v) is 17.2. The van der Waals surface area contributed by atoms with Crippen LogP contribution in [0.3, 0.4) is 0 Å². The monoisotopic (exact) mass is 397 g/mol. The minimum Gasteiger partial charge on any atom is -0.395 e. The number of rotatable bonds is 8. The van der Waals surface area contributed by atoms with Crippen LogP contribution in [0.2, 0.25) is 0 Å². The third-order valence-corrected chi connectivity index (χ3v) is 8.54. The lowest BCUT2D eigenvalue weighted by Crippen LogP contribution is -2.56. The fourth-order valence-corrected chi connectivity index (χ4v) is 7.74. The minimum absolute atomic E-state index is 0.0700. The lowest BCUT2D eigenvalue weighted by molar-refractivity contribution is -0.140. The quantitative estimate of drug-likeness (QED) is 0.514. The Morgan fingerprint density at radius 3 is 2.70 bits per heavy atom. The van der Waals surface area contributed by atoms with E-state index in [1.165, 1.54) is 4.90 Å². The maximum absolute atomic E-state index is 13.3. The molecular formula is C19H31N3O4S. The lowest BCUT2D eigenvalue weighted by atomic mass is 9.66. The smallest absolute Gasteiger partial charge is 0.244 e. The maximum Gasteiger partial charge on any atom is 0.244 e. The molecule has 6 atom stereocenters. The summed E-state index contributed by atoms with van der Waals surface area (Å²) in [5.74, 6) is -1.15. The number of carbonyl (C=O) groups excluding carboxylic acids is 3. The minimum atomic E-state index is -0.622. The fourth-order valence-electron chi connectivity index (χ4n) is 5.32. The van der Waals surface area contributed by atoms with Gasteiger partial charge in [-0.25, -0.2) is 0 Å². The Morgan fingerprint density at radius 2 is 2.07 bits per heavy atom. The fraction of sp³-hybridized carbons (Fsp3) is 0.842. The first-order valence-electron chi connectivity index (χ1n) is 10.0. The molecule has 0 aromatic rings. The number of likely N-dealkylation sites (tertiary alicyclic amines) is 1. The Kier molecular flexibility index (Phi) is 6.05. The molecule has 8 heteroatoms. The number of hydrogen-bond donors (Lipinski definition) is 3. The average molecular weight is 398 g/mol. The number of aliphatic hydroxyl groups is 1. The molecular weight excluding hydrogens is 366 g/mol. The summed E-state index contributed by atoms with van der Waals surface area (Å²) in [6, 6.07) is -0.622. The Morgan fingerprint density at radius 1 is 1.33 bits per heavy atom. The number of aliphatic hydroxyl groups excluding tert-OH is 1. The van der Waals surface area contributed by atoms with Crippen molar-refractivity contribution in [3.63, 3.8) is 0 Å². The number of nitrogens with one attached hydrogen (secondary N) is 2. The SMILES string of the molecule is CCCCCNC(=O)C1N(CCO)C(=O)[C@@H]2[C@@H](C(=O)NC)[C@H]3CC(C)C12S3. The molecule has 0 aromatic heterocycles. The van der Waals surface area contributed by atoms with E-state index in [-0.39, 0.29) is 42.0 Å². The summed E-state index contributed by atoms with van der Waals surface area (Å²) in [5.41, 5.74) is 0. The van der Waals surface area contributed by atoms with Gasteiger partial charge in [0, 0.05) is 25.4 Å². The van der Waals surface area contributed by atoms with Gasteiger partial charge in [0.2, 0.25) is 17.7 Å². The molecule has 3 saturated heterocycles. The maximum atomic E-state index is 13.3. The van der Waals surface area contributed by atoms with E-state index in [0.717, 1.165) is 25.7 Å². The second-order valence-electron chi connectivity index (χ2n) is 7.92. The molecule has 3 N–H and O–H groups in total. The highest BCUT2D eigenvalue weighted by atomic mass is 32.2. The van der Waals surface area contributed by atoms with Crippen LogP contribution >= 0.6 is 11.8 Å². The van der Waals surface area contributed by atoms with E-state index >= 15 is 0 Å². The van der Waals surface area contributed by atoms with Gasteiger partial charge in [0.05, 0.1) is 23.2 Å². The van der Waals surface area contributed by atoms with Crippen molar-refractivity contribution in [1.82, 2.24) is 15.5 Å². The second-order valence-corrected chi connectivity index (χ2v) is 9.47. The molecule has 0 radical (unpaired) electrons. The normalized spacial score (nSPS) is 36.8. The van der Waals surface area contributed by atoms with Crippen LogP contribution in [0.25, 0.3) is 0 Å². The molecule has 2 bridgehead atoms. The van der Waals surface area contributed by atoms with Crippen molar-refractivity contribution in [3.8, 4) is 0 Å². The number of nitrogens with zero attached hydrogens (tertiary/aromatic N) is 1. The first-order chi connectivity index (χ1) is 12.9. The summed E-state index contributed by atoms with van der Waals surface area (Å²) in [7, 11) is 1.60. The van der Waals surface area contributed by atoms with Crippen molar-refractivity contribution in [2.45, 2.75) is 55.6 Å². The van der Waals surface area contributed by atoms with Crippen molar-refractivity contribution < 1.29 is 19.5 Å². The predicted molar refractivity (Wildman–Crippen MR) is 104 cm³/mol. The first kappa shape index (κ1) is 20.5. The number of β-amino-alcohol motifs (C(OH)–C–C–N with tert-alkyl or cyclic N) is 1. The van der Waals surface area contributed by atoms with Gasteiger partial charge in [-0.2, -0.15) is 0 Å². The van der Waals surface area contributed by atoms with Gasteiger partial charge in [0.15, 0.2) is 0 Å². The van der Waals surface area contributed by atoms with E-state index in [1.807, 2.05) is 0 Å². The molecule has 3 rings (SSSR count). The Balaban J connectivity index is 1.92. The van der Waals surface area contributed by atoms with E-state index < -0.39 is 22.6 Å². The zero-order valence-electron chi connectivity index (χ0n) is 16.4. The van der Waals surface area contributed by atoms with Crippen LogP contribution in [0, 0.1) is 17.8 Å². The van der Waals surface area contributed by atoms with Gasteiger partial charge < -0.3 is 20.6 Å². The van der Waals surface area contributed by atoms with Crippen LogP contribution in [0.4, 0.5) is 0 Å². The Bertz CT molecular complexity index is 616. The summed E-state index contributed by atoms with van der Waals surface area (Å²) in [5, 5.41) is 15.3. The van der Waals surface area contributed by atoms with Gasteiger partial charge >= 0.3 is 0 Å². The highest BCUT2D eigenvalue weighted by molar-refractivity contribution is 8.02. The van der Waals surface area contributed by atoms with Crippen molar-refractivity contribution >= 4 is 29.5 Å². The molecule has 27 heavy (non-hydrogen) atoms. The topological polar surface area (TPSA) is 98.7 Å². The summed E-state index contributed by atoms with van der Waals surface area (Å²) in [4.78, 5) is 40.5. The van der Waals surface area contributed by atoms with Gasteiger partial charge in [0.1, 0.15) is 6.04 Å². The van der Waals surface area contributed by atoms with Crippen LogP contribution in [0.5, 0.6) is 0 Å². The summed E-state index contributed by atoms with van der Waals surface area (Å²) in [6.45, 7) is 4.72. The van der Waals surface area contributed by atoms with E-state index in [9.17, 15) is 19.5 Å². The number of thioether (sulfide) groups is 1. The molecule has 0 aromatic carbocycles. The number of fused-ring (bicyclic) bond motifs is 1. The van der Waals surface area contributed by atoms with Crippen molar-refractivity contribution in [2.24, 2.45) is 17.8 Å². The van der Waals surface area contributed by atoms with Gasteiger partial charge in [-0.3, -0.25) is 14.4 Å². The molecule has 3 aliphatic heterocycles. The average Bonchev–Trinajstić information content (AvgIpc) is 3.23. The molecule has 3 heterocycles. The third kappa shape index (κ3) is 3.05. The predicted octanol–water partition coefficient (Wildman–Crippen LogP) is 0.368. The van der Waals surface area contributed by atoms with Gasteiger partial charge in [-0.1, -0.05) is 26.7 Å². The third-order valence-electron chi connectivity index (χ3n) is 6.46. The highest BCUT2D eigenvalue weighted by Crippen LogP contribution is 2.68. The number of amides is 3. The van der Waals surface area contributed by atoms with Gasteiger partial charge in [0.25, 0.3) is 0 Å². The molecule has 152 valence electrons. The molecule has 3 unspecified atom stereocenters. The summed E-state index contributed by atoms with van der Waals surface area (Å²) >= 11 is 1.66. The van der Waals surface area contributed by atoms with Crippen molar-refractivity contribution in [1.29, 1.82) is 0 Å². The van der Waals surface area contributed by atoms with Crippen LogP contribution < -0.4 is 10.6 Å². The Hall–Kier alpha value is -1.28. The molecule has 0 aliphatic carbocycles.